The Hall–Kier alpha value is -2.66. The fourth-order valence-electron chi connectivity index (χ4n) is 3.90. The van der Waals surface area contributed by atoms with Crippen LogP contribution >= 0.6 is 22.9 Å². The van der Waals surface area contributed by atoms with Gasteiger partial charge >= 0.3 is 5.97 Å². The van der Waals surface area contributed by atoms with E-state index in [-0.39, 0.29) is 22.4 Å². The summed E-state index contributed by atoms with van der Waals surface area (Å²) in [5.74, 6) is -0.775. The largest absolute Gasteiger partial charge is 0.495 e. The van der Waals surface area contributed by atoms with Gasteiger partial charge in [0.15, 0.2) is 0 Å². The molecule has 8 nitrogen and oxygen atoms in total. The highest BCUT2D eigenvalue weighted by atomic mass is 35.5. The predicted molar refractivity (Wildman–Crippen MR) is 131 cm³/mol. The van der Waals surface area contributed by atoms with Crippen LogP contribution in [0.15, 0.2) is 47.4 Å². The van der Waals surface area contributed by atoms with Gasteiger partial charge in [0.05, 0.1) is 30.1 Å². The molecule has 0 spiro atoms. The van der Waals surface area contributed by atoms with Gasteiger partial charge < -0.3 is 14.8 Å². The maximum Gasteiger partial charge on any atom is 0.348 e. The summed E-state index contributed by atoms with van der Waals surface area (Å²) in [5, 5.41) is 3.90. The van der Waals surface area contributed by atoms with Gasteiger partial charge in [-0.05, 0) is 60.7 Å². The number of amides is 1. The molecule has 11 heteroatoms. The summed E-state index contributed by atoms with van der Waals surface area (Å²) >= 11 is 7.43. The average Bonchev–Trinajstić information content (AvgIpc) is 3.27. The highest BCUT2D eigenvalue weighted by molar-refractivity contribution is 7.89. The van der Waals surface area contributed by atoms with Crippen molar-refractivity contribution in [3.8, 4) is 5.75 Å². The summed E-state index contributed by atoms with van der Waals surface area (Å²) in [6.45, 7) is 0.401. The minimum atomic E-state index is -3.81. The van der Waals surface area contributed by atoms with E-state index in [2.05, 4.69) is 5.32 Å². The summed E-state index contributed by atoms with van der Waals surface area (Å²) in [4.78, 5) is 25.3. The number of benzene rings is 2. The quantitative estimate of drug-likeness (QED) is 0.482. The lowest BCUT2D eigenvalue weighted by molar-refractivity contribution is -0.120. The van der Waals surface area contributed by atoms with Gasteiger partial charge in [0.2, 0.25) is 15.9 Å². The van der Waals surface area contributed by atoms with Crippen LogP contribution in [0.3, 0.4) is 0 Å². The first-order valence-electron chi connectivity index (χ1n) is 10.5. The van der Waals surface area contributed by atoms with Gasteiger partial charge in [-0.25, -0.2) is 13.2 Å². The number of nitrogens with zero attached hydrogens (tertiary/aromatic N) is 1. The van der Waals surface area contributed by atoms with E-state index in [1.807, 2.05) is 6.07 Å². The smallest absolute Gasteiger partial charge is 0.348 e. The van der Waals surface area contributed by atoms with Crippen molar-refractivity contribution in [3.63, 3.8) is 0 Å². The first-order valence-corrected chi connectivity index (χ1v) is 13.1. The number of ether oxygens (including phenoxy) is 2. The monoisotopic (exact) mass is 522 g/mol. The molecule has 2 aromatic carbocycles. The van der Waals surface area contributed by atoms with Crippen molar-refractivity contribution >= 4 is 60.6 Å². The minimum absolute atomic E-state index is 0.0590. The van der Waals surface area contributed by atoms with Crippen LogP contribution in [0.2, 0.25) is 5.02 Å². The Morgan fingerprint density at radius 2 is 1.94 bits per heavy atom. The Morgan fingerprint density at radius 1 is 1.15 bits per heavy atom. The highest BCUT2D eigenvalue weighted by Crippen LogP contribution is 2.31. The number of carbonyl (C=O) groups excluding carboxylic acids is 2. The van der Waals surface area contributed by atoms with E-state index < -0.39 is 21.9 Å². The zero-order chi connectivity index (χ0) is 24.5. The molecule has 1 fully saturated rings. The van der Waals surface area contributed by atoms with Crippen molar-refractivity contribution in [1.29, 1.82) is 0 Å². The molecule has 2 heterocycles. The first-order chi connectivity index (χ1) is 16.2. The second-order valence-corrected chi connectivity index (χ2v) is 11.3. The van der Waals surface area contributed by atoms with Crippen LogP contribution in [0.4, 0.5) is 5.69 Å². The number of carbonyl (C=O) groups is 2. The number of sulfonamides is 1. The molecule has 0 saturated carbocycles. The van der Waals surface area contributed by atoms with Crippen molar-refractivity contribution in [2.24, 2.45) is 5.92 Å². The van der Waals surface area contributed by atoms with E-state index in [9.17, 15) is 18.0 Å². The number of fused-ring (bicyclic) bond motifs is 1. The third kappa shape index (κ3) is 4.90. The zero-order valence-electron chi connectivity index (χ0n) is 18.5. The normalized spacial score (nSPS) is 16.9. The van der Waals surface area contributed by atoms with E-state index in [0.29, 0.717) is 35.7 Å². The standard InChI is InChI=1S/C23H23ClN2O6S2/c1-31-19-7-6-17(12-18(19)24)34(29,30)26-9-3-4-14(13-26)22(27)25-16-5-8-20-15(10-16)11-21(33-20)23(28)32-2/h5-8,10-12,14H,3-4,9,13H2,1-2H3,(H,25,27)/t14-/m1/s1. The fraction of sp³-hybridized carbons (Fsp3) is 0.304. The van der Waals surface area contributed by atoms with Crippen LogP contribution < -0.4 is 10.1 Å². The maximum atomic E-state index is 13.2. The van der Waals surface area contributed by atoms with Crippen LogP contribution in [-0.4, -0.2) is 51.9 Å². The molecular weight excluding hydrogens is 500 g/mol. The number of methoxy groups -OCH3 is 2. The van der Waals surface area contributed by atoms with Crippen molar-refractivity contribution in [2.45, 2.75) is 17.7 Å². The Labute approximate surface area is 206 Å². The summed E-state index contributed by atoms with van der Waals surface area (Å²) < 4.78 is 38.4. The molecular formula is C23H23ClN2O6S2. The van der Waals surface area contributed by atoms with Crippen LogP contribution in [0.5, 0.6) is 5.75 Å². The Balaban J connectivity index is 1.48. The van der Waals surface area contributed by atoms with Gasteiger partial charge in [-0.2, -0.15) is 4.31 Å². The van der Waals surface area contributed by atoms with Gasteiger partial charge in [0.1, 0.15) is 10.6 Å². The molecule has 0 radical (unpaired) electrons. The molecule has 1 amide bonds. The number of piperidine rings is 1. The molecule has 1 aliphatic heterocycles. The Morgan fingerprint density at radius 3 is 2.65 bits per heavy atom. The van der Waals surface area contributed by atoms with Crippen molar-refractivity contribution in [1.82, 2.24) is 4.31 Å². The number of thiophene rings is 1. The van der Waals surface area contributed by atoms with Crippen molar-refractivity contribution in [2.75, 3.05) is 32.6 Å². The number of rotatable bonds is 6. The van der Waals surface area contributed by atoms with E-state index in [0.717, 1.165) is 10.1 Å². The predicted octanol–water partition coefficient (Wildman–Crippen LogP) is 4.39. The second-order valence-electron chi connectivity index (χ2n) is 7.84. The molecule has 3 aromatic rings. The lowest BCUT2D eigenvalue weighted by atomic mass is 9.98. The van der Waals surface area contributed by atoms with Crippen LogP contribution in [-0.2, 0) is 19.6 Å². The summed E-state index contributed by atoms with van der Waals surface area (Å²) in [6, 6.07) is 11.4. The summed E-state index contributed by atoms with van der Waals surface area (Å²) in [7, 11) is -1.03. The van der Waals surface area contributed by atoms with E-state index in [1.165, 1.54) is 48.1 Å². The molecule has 1 aromatic heterocycles. The Bertz CT molecular complexity index is 1350. The molecule has 34 heavy (non-hydrogen) atoms. The molecule has 1 atom stereocenters. The molecule has 1 saturated heterocycles. The minimum Gasteiger partial charge on any atom is -0.495 e. The van der Waals surface area contributed by atoms with Crippen molar-refractivity contribution in [3.05, 3.63) is 52.4 Å². The number of anilines is 1. The maximum absolute atomic E-state index is 13.2. The van der Waals surface area contributed by atoms with Crippen LogP contribution in [0, 0.1) is 5.92 Å². The highest BCUT2D eigenvalue weighted by Gasteiger charge is 2.33. The fourth-order valence-corrected chi connectivity index (χ4v) is 6.73. The second kappa shape index (κ2) is 9.91. The molecule has 180 valence electrons. The van der Waals surface area contributed by atoms with Gasteiger partial charge in [0.25, 0.3) is 0 Å². The van der Waals surface area contributed by atoms with Gasteiger partial charge in [-0.15, -0.1) is 11.3 Å². The van der Waals surface area contributed by atoms with E-state index in [1.54, 1.807) is 18.2 Å². The summed E-state index contributed by atoms with van der Waals surface area (Å²) in [5.41, 5.74) is 0.577. The molecule has 0 bridgehead atoms. The lowest BCUT2D eigenvalue weighted by Crippen LogP contribution is -2.43. The molecule has 0 aliphatic carbocycles. The molecule has 4 rings (SSSR count). The third-order valence-electron chi connectivity index (χ3n) is 5.69. The molecule has 1 N–H and O–H groups in total. The molecule has 0 unspecified atom stereocenters. The first kappa shape index (κ1) is 24.5. The number of nitrogens with one attached hydrogen (secondary N) is 1. The van der Waals surface area contributed by atoms with E-state index >= 15 is 0 Å². The SMILES string of the molecule is COC(=O)c1cc2cc(NC(=O)[C@@H]3CCCN(S(=O)(=O)c4ccc(OC)c(Cl)c4)C3)ccc2s1. The average molecular weight is 523 g/mol. The van der Waals surface area contributed by atoms with Crippen LogP contribution in [0.25, 0.3) is 10.1 Å². The van der Waals surface area contributed by atoms with Crippen LogP contribution in [0.1, 0.15) is 22.5 Å². The lowest BCUT2D eigenvalue weighted by Gasteiger charge is -2.31. The van der Waals surface area contributed by atoms with E-state index in [4.69, 9.17) is 21.1 Å². The van der Waals surface area contributed by atoms with Gasteiger partial charge in [0, 0.05) is 23.5 Å². The van der Waals surface area contributed by atoms with Gasteiger partial charge in [-0.1, -0.05) is 11.6 Å². The number of esters is 1. The topological polar surface area (TPSA) is 102 Å². The molecule has 1 aliphatic rings. The zero-order valence-corrected chi connectivity index (χ0v) is 20.9. The van der Waals surface area contributed by atoms with Crippen molar-refractivity contribution < 1.29 is 27.5 Å². The number of hydrogen-bond donors (Lipinski definition) is 1. The number of halogens is 1. The summed E-state index contributed by atoms with van der Waals surface area (Å²) in [6.07, 6.45) is 1.14. The Kier molecular flexibility index (Phi) is 7.13. The van der Waals surface area contributed by atoms with Gasteiger partial charge in [-0.3, -0.25) is 4.79 Å². The third-order valence-corrected chi connectivity index (χ3v) is 8.94. The number of hydrogen-bond acceptors (Lipinski definition) is 7.